The van der Waals surface area contributed by atoms with E-state index in [1.54, 1.807) is 6.07 Å². The van der Waals surface area contributed by atoms with Crippen LogP contribution in [0.1, 0.15) is 5.56 Å². The number of halogens is 1. The first kappa shape index (κ1) is 15.4. The molecule has 1 N–H and O–H groups in total. The van der Waals surface area contributed by atoms with E-state index in [2.05, 4.69) is 0 Å². The van der Waals surface area contributed by atoms with Gasteiger partial charge in [0.05, 0.1) is 19.8 Å². The zero-order chi connectivity index (χ0) is 14.4. The largest absolute Gasteiger partial charge is 0.395 e. The molecule has 0 aliphatic heterocycles. The van der Waals surface area contributed by atoms with Crippen LogP contribution in [0.2, 0.25) is 0 Å². The number of nitrogens with zero attached hydrogens (tertiary/aromatic N) is 1. The molecule has 1 aromatic carbocycles. The lowest BCUT2D eigenvalue weighted by molar-refractivity contribution is 0.107. The second-order valence-corrected chi connectivity index (χ2v) is 5.85. The summed E-state index contributed by atoms with van der Waals surface area (Å²) in [5, 5.41) is 9.59. The molecule has 0 unspecified atom stereocenters. The van der Waals surface area contributed by atoms with Crippen molar-refractivity contribution in [2.45, 2.75) is 6.42 Å². The Morgan fingerprint density at radius 1 is 1.25 bits per heavy atom. The molecule has 110 valence electrons. The number of aliphatic hydroxyl groups is 1. The van der Waals surface area contributed by atoms with Crippen molar-refractivity contribution in [1.82, 2.24) is 4.90 Å². The molecule has 2 rings (SSSR count). The molecule has 0 radical (unpaired) electrons. The monoisotopic (exact) mass is 297 g/mol. The predicted molar refractivity (Wildman–Crippen MR) is 80.9 cm³/mol. The number of thiophene rings is 1. The summed E-state index contributed by atoms with van der Waals surface area (Å²) in [6, 6.07) is 7.59. The van der Waals surface area contributed by atoms with E-state index in [4.69, 9.17) is 9.84 Å². The Labute approximate surface area is 122 Å². The lowest BCUT2D eigenvalue weighted by Gasteiger charge is -2.14. The smallest absolute Gasteiger partial charge is 0.177 e. The molecule has 20 heavy (non-hydrogen) atoms. The number of fused-ring (bicyclic) bond motifs is 1. The van der Waals surface area contributed by atoms with Crippen molar-refractivity contribution in [3.63, 3.8) is 0 Å². The van der Waals surface area contributed by atoms with Gasteiger partial charge in [0, 0.05) is 17.8 Å². The van der Waals surface area contributed by atoms with Crippen LogP contribution in [0.25, 0.3) is 10.1 Å². The average Bonchev–Trinajstić information content (AvgIpc) is 2.78. The number of benzene rings is 1. The molecule has 0 aliphatic carbocycles. The second kappa shape index (κ2) is 7.69. The van der Waals surface area contributed by atoms with Crippen molar-refractivity contribution in [2.24, 2.45) is 0 Å². The van der Waals surface area contributed by atoms with Crippen molar-refractivity contribution >= 4 is 21.4 Å². The van der Waals surface area contributed by atoms with Crippen molar-refractivity contribution in [3.8, 4) is 0 Å². The van der Waals surface area contributed by atoms with Gasteiger partial charge in [0.15, 0.2) is 5.13 Å². The summed E-state index contributed by atoms with van der Waals surface area (Å²) in [4.78, 5) is 2.03. The zero-order valence-electron chi connectivity index (χ0n) is 11.6. The number of hydrogen-bond donors (Lipinski definition) is 1. The van der Waals surface area contributed by atoms with Gasteiger partial charge in [-0.2, -0.15) is 4.39 Å². The Kier molecular flexibility index (Phi) is 5.91. The minimum absolute atomic E-state index is 0.139. The SMILES string of the molecule is CN(CCO)CCOCCc1ccc2sc(F)cc2c1. The zero-order valence-corrected chi connectivity index (χ0v) is 12.5. The number of rotatable bonds is 8. The van der Waals surface area contributed by atoms with Gasteiger partial charge >= 0.3 is 0 Å². The third-order valence-corrected chi connectivity index (χ3v) is 4.09. The van der Waals surface area contributed by atoms with Crippen LogP contribution in [0.3, 0.4) is 0 Å². The van der Waals surface area contributed by atoms with Gasteiger partial charge in [-0.15, -0.1) is 11.3 Å². The van der Waals surface area contributed by atoms with Gasteiger partial charge in [-0.25, -0.2) is 0 Å². The summed E-state index contributed by atoms with van der Waals surface area (Å²) in [6.07, 6.45) is 0.830. The predicted octanol–water partition coefficient (Wildman–Crippen LogP) is 2.52. The van der Waals surface area contributed by atoms with Gasteiger partial charge in [-0.1, -0.05) is 12.1 Å². The lowest BCUT2D eigenvalue weighted by atomic mass is 10.1. The highest BCUT2D eigenvalue weighted by Crippen LogP contribution is 2.25. The van der Waals surface area contributed by atoms with Crippen molar-refractivity contribution < 1.29 is 14.2 Å². The molecule has 2 aromatic rings. The maximum Gasteiger partial charge on any atom is 0.177 e. The van der Waals surface area contributed by atoms with Gasteiger partial charge in [-0.05, 0) is 36.6 Å². The van der Waals surface area contributed by atoms with Crippen LogP contribution in [0.15, 0.2) is 24.3 Å². The fraction of sp³-hybridized carbons (Fsp3) is 0.467. The topological polar surface area (TPSA) is 32.7 Å². The van der Waals surface area contributed by atoms with Crippen LogP contribution in [-0.2, 0) is 11.2 Å². The van der Waals surface area contributed by atoms with Gasteiger partial charge < -0.3 is 14.7 Å². The van der Waals surface area contributed by atoms with E-state index in [-0.39, 0.29) is 11.7 Å². The molecule has 0 saturated heterocycles. The van der Waals surface area contributed by atoms with Crippen LogP contribution in [-0.4, -0.2) is 50.0 Å². The highest BCUT2D eigenvalue weighted by atomic mass is 32.1. The highest BCUT2D eigenvalue weighted by Gasteiger charge is 2.02. The number of likely N-dealkylation sites (N-methyl/N-ethyl adjacent to an activating group) is 1. The summed E-state index contributed by atoms with van der Waals surface area (Å²) in [7, 11) is 1.96. The van der Waals surface area contributed by atoms with Gasteiger partial charge in [0.2, 0.25) is 0 Å². The number of hydrogen-bond acceptors (Lipinski definition) is 4. The fourth-order valence-electron chi connectivity index (χ4n) is 2.01. The van der Waals surface area contributed by atoms with E-state index in [1.807, 2.05) is 30.1 Å². The molecular formula is C15H20FNO2S. The number of ether oxygens (including phenoxy) is 1. The number of aliphatic hydroxyl groups excluding tert-OH is 1. The third kappa shape index (κ3) is 4.52. The molecule has 0 amide bonds. The molecule has 0 fully saturated rings. The summed E-state index contributed by atoms with van der Waals surface area (Å²) in [5.41, 5.74) is 1.17. The standard InChI is InChI=1S/C15H20FNO2S/c1-17(5-7-18)6-9-19-8-4-12-2-3-14-13(10-12)11-15(16)20-14/h2-3,10-11,18H,4-9H2,1H3. The van der Waals surface area contributed by atoms with Crippen LogP contribution >= 0.6 is 11.3 Å². The van der Waals surface area contributed by atoms with E-state index in [9.17, 15) is 4.39 Å². The molecule has 1 heterocycles. The van der Waals surface area contributed by atoms with Crippen LogP contribution in [0.4, 0.5) is 4.39 Å². The molecule has 0 aliphatic rings. The molecule has 5 heteroatoms. The first-order chi connectivity index (χ1) is 9.69. The minimum atomic E-state index is -0.139. The summed E-state index contributed by atoms with van der Waals surface area (Å²) in [6.45, 7) is 2.98. The maximum absolute atomic E-state index is 13.1. The van der Waals surface area contributed by atoms with Gasteiger partial charge in [0.25, 0.3) is 0 Å². The summed E-state index contributed by atoms with van der Waals surface area (Å²) in [5.74, 6) is 0. The first-order valence-corrected chi connectivity index (χ1v) is 7.56. The van der Waals surface area contributed by atoms with Crippen molar-refractivity contribution in [2.75, 3.05) is 40.0 Å². The van der Waals surface area contributed by atoms with Crippen LogP contribution in [0.5, 0.6) is 0 Å². The normalized spacial score (nSPS) is 11.6. The molecular weight excluding hydrogens is 277 g/mol. The fourth-order valence-corrected chi connectivity index (χ4v) is 2.78. The maximum atomic E-state index is 13.1. The van der Waals surface area contributed by atoms with Gasteiger partial charge in [0.1, 0.15) is 0 Å². The Hall–Kier alpha value is -1.01. The van der Waals surface area contributed by atoms with Gasteiger partial charge in [-0.3, -0.25) is 0 Å². The van der Waals surface area contributed by atoms with Crippen molar-refractivity contribution in [1.29, 1.82) is 0 Å². The second-order valence-electron chi connectivity index (χ2n) is 4.81. The van der Waals surface area contributed by atoms with E-state index >= 15 is 0 Å². The van der Waals surface area contributed by atoms with E-state index < -0.39 is 0 Å². The Bertz CT molecular complexity index is 544. The van der Waals surface area contributed by atoms with E-state index in [0.717, 1.165) is 23.1 Å². The Morgan fingerprint density at radius 3 is 2.90 bits per heavy atom. The third-order valence-electron chi connectivity index (χ3n) is 3.18. The van der Waals surface area contributed by atoms with Crippen LogP contribution < -0.4 is 0 Å². The lowest BCUT2D eigenvalue weighted by Crippen LogP contribution is -2.26. The average molecular weight is 297 g/mol. The molecule has 0 bridgehead atoms. The first-order valence-electron chi connectivity index (χ1n) is 6.74. The molecule has 0 atom stereocenters. The van der Waals surface area contributed by atoms with E-state index in [1.165, 1.54) is 16.9 Å². The summed E-state index contributed by atoms with van der Waals surface area (Å²) < 4.78 is 19.7. The molecule has 0 spiro atoms. The Balaban J connectivity index is 1.72. The highest BCUT2D eigenvalue weighted by molar-refractivity contribution is 7.17. The minimum Gasteiger partial charge on any atom is -0.395 e. The quantitative estimate of drug-likeness (QED) is 0.760. The molecule has 3 nitrogen and oxygen atoms in total. The van der Waals surface area contributed by atoms with E-state index in [0.29, 0.717) is 19.8 Å². The van der Waals surface area contributed by atoms with Crippen LogP contribution in [0, 0.1) is 5.13 Å². The van der Waals surface area contributed by atoms with Crippen molar-refractivity contribution in [3.05, 3.63) is 35.0 Å². The molecule has 0 saturated carbocycles. The summed E-state index contributed by atoms with van der Waals surface area (Å²) >= 11 is 1.18. The Morgan fingerprint density at radius 2 is 2.10 bits per heavy atom. The molecule has 1 aromatic heterocycles.